The van der Waals surface area contributed by atoms with Crippen LogP contribution in [0.1, 0.15) is 26.3 Å². The van der Waals surface area contributed by atoms with Gasteiger partial charge in [-0.3, -0.25) is 4.79 Å². The third-order valence-electron chi connectivity index (χ3n) is 2.01. The summed E-state index contributed by atoms with van der Waals surface area (Å²) in [5.74, 6) is 0.550. The fourth-order valence-corrected chi connectivity index (χ4v) is 1.89. The first kappa shape index (κ1) is 12.2. The normalized spacial score (nSPS) is 10.5. The van der Waals surface area contributed by atoms with Crippen LogP contribution in [0.4, 0.5) is 5.69 Å². The highest BCUT2D eigenvalue weighted by Crippen LogP contribution is 2.23. The minimum atomic E-state index is -0.0256. The predicted molar refractivity (Wildman–Crippen MR) is 67.0 cm³/mol. The van der Waals surface area contributed by atoms with E-state index in [1.807, 2.05) is 12.1 Å². The van der Waals surface area contributed by atoms with E-state index >= 15 is 0 Å². The number of amides is 1. The zero-order valence-corrected chi connectivity index (χ0v) is 10.9. The number of benzene rings is 1. The minimum Gasteiger partial charge on any atom is -0.326 e. The van der Waals surface area contributed by atoms with E-state index in [4.69, 9.17) is 0 Å². The molecule has 0 fully saturated rings. The SMILES string of the molecule is CC(=O)Nc1ccc(Br)cc1CC(C)C. The van der Waals surface area contributed by atoms with Crippen molar-refractivity contribution in [2.45, 2.75) is 27.2 Å². The molecule has 0 spiro atoms. The molecule has 0 saturated carbocycles. The molecular weight excluding hydrogens is 254 g/mol. The molecule has 2 nitrogen and oxygen atoms in total. The van der Waals surface area contributed by atoms with Crippen molar-refractivity contribution in [3.8, 4) is 0 Å². The van der Waals surface area contributed by atoms with Crippen molar-refractivity contribution < 1.29 is 4.79 Å². The maximum atomic E-state index is 11.0. The largest absolute Gasteiger partial charge is 0.326 e. The first-order valence-corrected chi connectivity index (χ1v) is 5.84. The number of carbonyl (C=O) groups excluding carboxylic acids is 1. The Morgan fingerprint density at radius 2 is 2.13 bits per heavy atom. The fourth-order valence-electron chi connectivity index (χ4n) is 1.48. The van der Waals surface area contributed by atoms with Crippen LogP contribution in [0.2, 0.25) is 0 Å². The van der Waals surface area contributed by atoms with E-state index in [1.165, 1.54) is 12.5 Å². The zero-order valence-electron chi connectivity index (χ0n) is 9.30. The lowest BCUT2D eigenvalue weighted by atomic mass is 10.0. The lowest BCUT2D eigenvalue weighted by molar-refractivity contribution is -0.114. The van der Waals surface area contributed by atoms with Gasteiger partial charge in [-0.25, -0.2) is 0 Å². The number of carbonyl (C=O) groups is 1. The lowest BCUT2D eigenvalue weighted by Gasteiger charge is -2.12. The summed E-state index contributed by atoms with van der Waals surface area (Å²) >= 11 is 3.44. The molecule has 15 heavy (non-hydrogen) atoms. The van der Waals surface area contributed by atoms with Crippen molar-refractivity contribution in [2.75, 3.05) is 5.32 Å². The molecule has 82 valence electrons. The molecule has 1 rings (SSSR count). The third-order valence-corrected chi connectivity index (χ3v) is 2.50. The van der Waals surface area contributed by atoms with Crippen LogP contribution in [0.25, 0.3) is 0 Å². The topological polar surface area (TPSA) is 29.1 Å². The van der Waals surface area contributed by atoms with Gasteiger partial charge >= 0.3 is 0 Å². The van der Waals surface area contributed by atoms with E-state index < -0.39 is 0 Å². The average Bonchev–Trinajstić information content (AvgIpc) is 2.08. The van der Waals surface area contributed by atoms with Gasteiger partial charge < -0.3 is 5.32 Å². The summed E-state index contributed by atoms with van der Waals surface area (Å²) in [5.41, 5.74) is 2.09. The van der Waals surface area contributed by atoms with Gasteiger partial charge in [0.2, 0.25) is 5.91 Å². The molecule has 0 saturated heterocycles. The quantitative estimate of drug-likeness (QED) is 0.893. The summed E-state index contributed by atoms with van der Waals surface area (Å²) in [6.45, 7) is 5.86. The molecule has 0 bridgehead atoms. The molecule has 0 unspecified atom stereocenters. The molecule has 0 aliphatic rings. The van der Waals surface area contributed by atoms with Crippen LogP contribution < -0.4 is 5.32 Å². The van der Waals surface area contributed by atoms with Crippen LogP contribution in [0, 0.1) is 5.92 Å². The summed E-state index contributed by atoms with van der Waals surface area (Å²) in [4.78, 5) is 11.0. The second kappa shape index (κ2) is 5.31. The Kier molecular flexibility index (Phi) is 4.33. The minimum absolute atomic E-state index is 0.0256. The lowest BCUT2D eigenvalue weighted by Crippen LogP contribution is -2.09. The van der Waals surface area contributed by atoms with Crippen LogP contribution in [-0.4, -0.2) is 5.91 Å². The number of anilines is 1. The summed E-state index contributed by atoms with van der Waals surface area (Å²) in [5, 5.41) is 2.85. The Hall–Kier alpha value is -0.830. The van der Waals surface area contributed by atoms with Crippen LogP contribution in [0.3, 0.4) is 0 Å². The van der Waals surface area contributed by atoms with Crippen LogP contribution >= 0.6 is 15.9 Å². The third kappa shape index (κ3) is 4.04. The Balaban J connectivity index is 2.97. The highest BCUT2D eigenvalue weighted by atomic mass is 79.9. The van der Waals surface area contributed by atoms with E-state index in [0.29, 0.717) is 5.92 Å². The van der Waals surface area contributed by atoms with Gasteiger partial charge in [-0.2, -0.15) is 0 Å². The molecule has 0 aromatic heterocycles. The molecular formula is C12H16BrNO. The predicted octanol–water partition coefficient (Wildman–Crippen LogP) is 3.61. The summed E-state index contributed by atoms with van der Waals surface area (Å²) in [6.07, 6.45) is 0.967. The van der Waals surface area contributed by atoms with Crippen LogP contribution in [0.15, 0.2) is 22.7 Å². The Morgan fingerprint density at radius 3 is 2.67 bits per heavy atom. The molecule has 0 aliphatic carbocycles. The number of hydrogen-bond donors (Lipinski definition) is 1. The highest BCUT2D eigenvalue weighted by molar-refractivity contribution is 9.10. The van der Waals surface area contributed by atoms with E-state index in [2.05, 4.69) is 41.2 Å². The number of halogens is 1. The Bertz CT molecular complexity index is 361. The highest BCUT2D eigenvalue weighted by Gasteiger charge is 2.06. The summed E-state index contributed by atoms with van der Waals surface area (Å²) in [6, 6.07) is 5.93. The number of nitrogens with one attached hydrogen (secondary N) is 1. The summed E-state index contributed by atoms with van der Waals surface area (Å²) < 4.78 is 1.05. The van der Waals surface area contributed by atoms with Gasteiger partial charge in [0.25, 0.3) is 0 Å². The van der Waals surface area contributed by atoms with Gasteiger partial charge in [0, 0.05) is 17.1 Å². The standard InChI is InChI=1S/C12H16BrNO/c1-8(2)6-10-7-11(13)4-5-12(10)14-9(3)15/h4-5,7-8H,6H2,1-3H3,(H,14,15). The van der Waals surface area contributed by atoms with E-state index in [9.17, 15) is 4.79 Å². The van der Waals surface area contributed by atoms with Crippen molar-refractivity contribution in [1.29, 1.82) is 0 Å². The van der Waals surface area contributed by atoms with E-state index in [1.54, 1.807) is 0 Å². The number of rotatable bonds is 3. The van der Waals surface area contributed by atoms with Crippen LogP contribution in [0.5, 0.6) is 0 Å². The molecule has 0 radical (unpaired) electrons. The van der Waals surface area contributed by atoms with Gasteiger partial charge in [0.15, 0.2) is 0 Å². The van der Waals surface area contributed by atoms with E-state index in [0.717, 1.165) is 16.6 Å². The van der Waals surface area contributed by atoms with Crippen molar-refractivity contribution >= 4 is 27.5 Å². The molecule has 3 heteroatoms. The van der Waals surface area contributed by atoms with Crippen LogP contribution in [-0.2, 0) is 11.2 Å². The fraction of sp³-hybridized carbons (Fsp3) is 0.417. The molecule has 0 heterocycles. The number of hydrogen-bond acceptors (Lipinski definition) is 1. The molecule has 1 amide bonds. The molecule has 1 N–H and O–H groups in total. The zero-order chi connectivity index (χ0) is 11.4. The summed E-state index contributed by atoms with van der Waals surface area (Å²) in [7, 11) is 0. The maximum Gasteiger partial charge on any atom is 0.221 e. The first-order chi connectivity index (χ1) is 6.99. The Labute approximate surface area is 99.2 Å². The monoisotopic (exact) mass is 269 g/mol. The van der Waals surface area contributed by atoms with Gasteiger partial charge in [0.05, 0.1) is 0 Å². The molecule has 0 atom stereocenters. The van der Waals surface area contributed by atoms with E-state index in [-0.39, 0.29) is 5.91 Å². The van der Waals surface area contributed by atoms with Crippen molar-refractivity contribution in [3.63, 3.8) is 0 Å². The second-order valence-corrected chi connectivity index (χ2v) is 5.00. The van der Waals surface area contributed by atoms with Crippen molar-refractivity contribution in [1.82, 2.24) is 0 Å². The second-order valence-electron chi connectivity index (χ2n) is 4.08. The van der Waals surface area contributed by atoms with Crippen molar-refractivity contribution in [3.05, 3.63) is 28.2 Å². The average molecular weight is 270 g/mol. The maximum absolute atomic E-state index is 11.0. The Morgan fingerprint density at radius 1 is 1.47 bits per heavy atom. The molecule has 1 aromatic rings. The smallest absolute Gasteiger partial charge is 0.221 e. The first-order valence-electron chi connectivity index (χ1n) is 5.05. The molecule has 0 aliphatic heterocycles. The van der Waals surface area contributed by atoms with Crippen molar-refractivity contribution in [2.24, 2.45) is 5.92 Å². The molecule has 1 aromatic carbocycles. The van der Waals surface area contributed by atoms with Gasteiger partial charge in [-0.15, -0.1) is 0 Å². The van der Waals surface area contributed by atoms with Gasteiger partial charge in [-0.1, -0.05) is 29.8 Å². The van der Waals surface area contributed by atoms with Gasteiger partial charge in [-0.05, 0) is 36.1 Å². The van der Waals surface area contributed by atoms with Gasteiger partial charge in [0.1, 0.15) is 0 Å².